The molecular formula is C25H24N6O3. The third kappa shape index (κ3) is 3.53. The van der Waals surface area contributed by atoms with Crippen LogP contribution in [0.1, 0.15) is 45.9 Å². The number of fused-ring (bicyclic) bond motifs is 2. The molecule has 172 valence electrons. The van der Waals surface area contributed by atoms with E-state index in [0.29, 0.717) is 41.1 Å². The van der Waals surface area contributed by atoms with E-state index < -0.39 is 0 Å². The number of carbonyl (C=O) groups excluding carboxylic acids is 1. The topological polar surface area (TPSA) is 106 Å². The molecule has 1 saturated carbocycles. The van der Waals surface area contributed by atoms with Gasteiger partial charge in [-0.1, -0.05) is 12.1 Å². The molecule has 3 aromatic heterocycles. The van der Waals surface area contributed by atoms with E-state index in [0.717, 1.165) is 53.8 Å². The summed E-state index contributed by atoms with van der Waals surface area (Å²) < 4.78 is 11.2. The fourth-order valence-electron chi connectivity index (χ4n) is 4.46. The standard InChI is InChI=1S/C25H24N6O3/c1-31-9-7-16-11-14(3-6-17(16)25(31)32)12-26-23-21-18(8-10-34-21)29-22(30-23)19-20(15-4-5-15)27-13-28-24(19)33-2/h3,6,8,10-11,13,15H,4-5,7,9,12H2,1-2H3,(H,26,29,30). The van der Waals surface area contributed by atoms with Gasteiger partial charge in [0.15, 0.2) is 17.2 Å². The van der Waals surface area contributed by atoms with E-state index in [9.17, 15) is 4.79 Å². The third-order valence-electron chi connectivity index (χ3n) is 6.45. The van der Waals surface area contributed by atoms with Crippen LogP contribution in [0.25, 0.3) is 22.5 Å². The van der Waals surface area contributed by atoms with Crippen molar-refractivity contribution in [2.24, 2.45) is 0 Å². The number of amides is 1. The second-order valence-electron chi connectivity index (χ2n) is 8.77. The van der Waals surface area contributed by atoms with Crippen LogP contribution in [0.3, 0.4) is 0 Å². The molecule has 1 N–H and O–H groups in total. The number of hydrogen-bond donors (Lipinski definition) is 1. The minimum absolute atomic E-state index is 0.0731. The molecule has 4 aromatic rings. The number of nitrogens with one attached hydrogen (secondary N) is 1. The lowest BCUT2D eigenvalue weighted by Crippen LogP contribution is -2.34. The van der Waals surface area contributed by atoms with Gasteiger partial charge in [-0.3, -0.25) is 4.79 Å². The molecule has 1 aromatic carbocycles. The summed E-state index contributed by atoms with van der Waals surface area (Å²) in [6, 6.07) is 7.80. The van der Waals surface area contributed by atoms with Gasteiger partial charge < -0.3 is 19.4 Å². The first kappa shape index (κ1) is 20.6. The zero-order chi connectivity index (χ0) is 23.2. The molecular weight excluding hydrogens is 432 g/mol. The third-order valence-corrected chi connectivity index (χ3v) is 6.45. The van der Waals surface area contributed by atoms with Crippen molar-refractivity contribution in [1.29, 1.82) is 0 Å². The average molecular weight is 457 g/mol. The SMILES string of the molecule is COc1ncnc(C2CC2)c1-c1nc(NCc2ccc3c(c2)CCN(C)C3=O)c2occc2n1. The Morgan fingerprint density at radius 3 is 2.91 bits per heavy atom. The van der Waals surface area contributed by atoms with E-state index >= 15 is 0 Å². The van der Waals surface area contributed by atoms with Gasteiger partial charge in [0.05, 0.1) is 19.1 Å². The number of rotatable bonds is 6. The maximum absolute atomic E-state index is 12.4. The maximum atomic E-state index is 12.4. The lowest BCUT2D eigenvalue weighted by molar-refractivity contribution is 0.0781. The second kappa shape index (κ2) is 8.09. The Morgan fingerprint density at radius 1 is 1.21 bits per heavy atom. The zero-order valence-corrected chi connectivity index (χ0v) is 19.0. The average Bonchev–Trinajstić information content (AvgIpc) is 3.60. The summed E-state index contributed by atoms with van der Waals surface area (Å²) in [5.41, 5.74) is 5.85. The smallest absolute Gasteiger partial charge is 0.253 e. The van der Waals surface area contributed by atoms with E-state index in [4.69, 9.17) is 19.1 Å². The van der Waals surface area contributed by atoms with Gasteiger partial charge >= 0.3 is 0 Å². The van der Waals surface area contributed by atoms with Crippen molar-refractivity contribution in [2.75, 3.05) is 26.0 Å². The van der Waals surface area contributed by atoms with E-state index in [1.165, 1.54) is 6.33 Å². The van der Waals surface area contributed by atoms with E-state index in [1.54, 1.807) is 18.3 Å². The van der Waals surface area contributed by atoms with Crippen LogP contribution in [-0.2, 0) is 13.0 Å². The van der Waals surface area contributed by atoms with Gasteiger partial charge in [0.25, 0.3) is 5.91 Å². The number of furan rings is 1. The predicted molar refractivity (Wildman–Crippen MR) is 126 cm³/mol. The molecule has 0 radical (unpaired) electrons. The molecule has 0 spiro atoms. The summed E-state index contributed by atoms with van der Waals surface area (Å²) in [5, 5.41) is 3.41. The first-order chi connectivity index (χ1) is 16.6. The molecule has 9 heteroatoms. The lowest BCUT2D eigenvalue weighted by atomic mass is 9.97. The number of anilines is 1. The molecule has 6 rings (SSSR count). The Balaban J connectivity index is 1.35. The van der Waals surface area contributed by atoms with Crippen molar-refractivity contribution in [3.05, 3.63) is 59.2 Å². The summed E-state index contributed by atoms with van der Waals surface area (Å²) in [6.07, 6.45) is 6.16. The fourth-order valence-corrected chi connectivity index (χ4v) is 4.46. The molecule has 34 heavy (non-hydrogen) atoms. The largest absolute Gasteiger partial charge is 0.480 e. The molecule has 0 saturated heterocycles. The van der Waals surface area contributed by atoms with Gasteiger partial charge in [0.2, 0.25) is 5.88 Å². The van der Waals surface area contributed by atoms with Crippen molar-refractivity contribution < 1.29 is 13.9 Å². The van der Waals surface area contributed by atoms with Crippen LogP contribution < -0.4 is 10.1 Å². The number of hydrogen-bond acceptors (Lipinski definition) is 8. The molecule has 1 fully saturated rings. The highest BCUT2D eigenvalue weighted by atomic mass is 16.5. The number of aromatic nitrogens is 4. The van der Waals surface area contributed by atoms with Crippen LogP contribution in [-0.4, -0.2) is 51.4 Å². The van der Waals surface area contributed by atoms with Crippen molar-refractivity contribution >= 4 is 22.8 Å². The Labute approximate surface area is 196 Å². The molecule has 0 atom stereocenters. The molecule has 1 amide bonds. The summed E-state index contributed by atoms with van der Waals surface area (Å²) in [7, 11) is 3.43. The van der Waals surface area contributed by atoms with Gasteiger partial charge in [-0.2, -0.15) is 0 Å². The fraction of sp³-hybridized carbons (Fsp3) is 0.320. The number of ether oxygens (including phenoxy) is 1. The first-order valence-corrected chi connectivity index (χ1v) is 11.4. The van der Waals surface area contributed by atoms with E-state index in [2.05, 4.69) is 21.4 Å². The number of likely N-dealkylation sites (N-methyl/N-ethyl adjacent to an activating group) is 1. The number of carbonyl (C=O) groups is 1. The number of benzene rings is 1. The molecule has 0 unspecified atom stereocenters. The van der Waals surface area contributed by atoms with Crippen LogP contribution >= 0.6 is 0 Å². The summed E-state index contributed by atoms with van der Waals surface area (Å²) in [5.74, 6) is 2.02. The summed E-state index contributed by atoms with van der Waals surface area (Å²) in [6.45, 7) is 1.26. The lowest BCUT2D eigenvalue weighted by Gasteiger charge is -2.25. The molecule has 0 bridgehead atoms. The van der Waals surface area contributed by atoms with Gasteiger partial charge in [0, 0.05) is 37.7 Å². The molecule has 9 nitrogen and oxygen atoms in total. The first-order valence-electron chi connectivity index (χ1n) is 11.4. The zero-order valence-electron chi connectivity index (χ0n) is 19.0. The highest BCUT2D eigenvalue weighted by Gasteiger charge is 2.32. The van der Waals surface area contributed by atoms with Gasteiger partial charge in [0.1, 0.15) is 17.4 Å². The van der Waals surface area contributed by atoms with Gasteiger partial charge in [-0.05, 0) is 36.5 Å². The van der Waals surface area contributed by atoms with Crippen LogP contribution in [0.4, 0.5) is 5.82 Å². The normalized spacial score (nSPS) is 15.5. The Hall–Kier alpha value is -4.01. The van der Waals surface area contributed by atoms with E-state index in [1.807, 2.05) is 25.2 Å². The highest BCUT2D eigenvalue weighted by molar-refractivity contribution is 5.96. The van der Waals surface area contributed by atoms with E-state index in [-0.39, 0.29) is 5.91 Å². The summed E-state index contributed by atoms with van der Waals surface area (Å²) in [4.78, 5) is 32.5. The molecule has 1 aliphatic heterocycles. The van der Waals surface area contributed by atoms with Gasteiger partial charge in [-0.25, -0.2) is 19.9 Å². The van der Waals surface area contributed by atoms with Crippen LogP contribution in [0.2, 0.25) is 0 Å². The van der Waals surface area contributed by atoms with Crippen molar-refractivity contribution in [1.82, 2.24) is 24.8 Å². The number of nitrogens with zero attached hydrogens (tertiary/aromatic N) is 5. The predicted octanol–water partition coefficient (Wildman–Crippen LogP) is 3.81. The molecule has 1 aliphatic carbocycles. The van der Waals surface area contributed by atoms with Crippen LogP contribution in [0.5, 0.6) is 5.88 Å². The van der Waals surface area contributed by atoms with Crippen LogP contribution in [0, 0.1) is 0 Å². The van der Waals surface area contributed by atoms with Crippen molar-refractivity contribution in [2.45, 2.75) is 31.7 Å². The van der Waals surface area contributed by atoms with Crippen LogP contribution in [0.15, 0.2) is 41.3 Å². The monoisotopic (exact) mass is 456 g/mol. The quantitative estimate of drug-likeness (QED) is 0.467. The number of methoxy groups -OCH3 is 1. The minimum atomic E-state index is 0.0731. The second-order valence-corrected chi connectivity index (χ2v) is 8.77. The Bertz CT molecular complexity index is 1410. The highest BCUT2D eigenvalue weighted by Crippen LogP contribution is 2.45. The minimum Gasteiger partial charge on any atom is -0.480 e. The van der Waals surface area contributed by atoms with Crippen molar-refractivity contribution in [3.8, 4) is 17.3 Å². The van der Waals surface area contributed by atoms with Gasteiger partial charge in [-0.15, -0.1) is 0 Å². The Kier molecular flexibility index (Phi) is 4.90. The maximum Gasteiger partial charge on any atom is 0.253 e. The Morgan fingerprint density at radius 2 is 2.09 bits per heavy atom. The van der Waals surface area contributed by atoms with Crippen molar-refractivity contribution in [3.63, 3.8) is 0 Å². The summed E-state index contributed by atoms with van der Waals surface area (Å²) >= 11 is 0. The molecule has 4 heterocycles. The molecule has 2 aliphatic rings.